The molecule has 5 heteroatoms. The highest BCUT2D eigenvalue weighted by atomic mass is 16.5. The Morgan fingerprint density at radius 2 is 1.75 bits per heavy atom. The van der Waals surface area contributed by atoms with Crippen LogP contribution in [0.2, 0.25) is 0 Å². The molecule has 0 aromatic heterocycles. The molecule has 24 heavy (non-hydrogen) atoms. The minimum atomic E-state index is -0.0824. The number of aliphatic hydroxyl groups excluding tert-OH is 1. The van der Waals surface area contributed by atoms with Crippen LogP contribution in [0.4, 0.5) is 0 Å². The van der Waals surface area contributed by atoms with Gasteiger partial charge in [0.25, 0.3) is 0 Å². The Bertz CT molecular complexity index is 591. The molecular formula is C19H25NO4. The van der Waals surface area contributed by atoms with E-state index in [0.29, 0.717) is 11.5 Å². The van der Waals surface area contributed by atoms with E-state index in [1.807, 2.05) is 11.0 Å². The Hall–Kier alpha value is -2.27. The number of methoxy groups -OCH3 is 2. The van der Waals surface area contributed by atoms with Crippen molar-refractivity contribution in [3.05, 3.63) is 41.5 Å². The fraction of sp³-hybridized carbons (Fsp3) is 0.421. The molecule has 1 fully saturated rings. The highest BCUT2D eigenvalue weighted by Crippen LogP contribution is 2.31. The normalized spacial score (nSPS) is 15.2. The number of carbonyl (C=O) groups excluding carboxylic acids is 1. The molecule has 0 bridgehead atoms. The van der Waals surface area contributed by atoms with E-state index < -0.39 is 0 Å². The van der Waals surface area contributed by atoms with Crippen molar-refractivity contribution in [3.8, 4) is 11.5 Å². The van der Waals surface area contributed by atoms with Crippen molar-refractivity contribution in [2.45, 2.75) is 25.9 Å². The van der Waals surface area contributed by atoms with E-state index in [-0.39, 0.29) is 12.5 Å². The van der Waals surface area contributed by atoms with E-state index in [1.54, 1.807) is 44.6 Å². The Balaban J connectivity index is 2.10. The van der Waals surface area contributed by atoms with Gasteiger partial charge in [0.2, 0.25) is 5.91 Å². The van der Waals surface area contributed by atoms with Crippen LogP contribution in [-0.2, 0) is 11.4 Å². The number of carbonyl (C=O) groups is 1. The fourth-order valence-corrected chi connectivity index (χ4v) is 2.76. The number of allylic oxidation sites excluding steroid dienone is 2. The Morgan fingerprint density at radius 1 is 1.12 bits per heavy atom. The van der Waals surface area contributed by atoms with Crippen LogP contribution in [0.15, 0.2) is 30.4 Å². The molecule has 1 heterocycles. The van der Waals surface area contributed by atoms with Crippen LogP contribution < -0.4 is 9.47 Å². The lowest BCUT2D eigenvalue weighted by Crippen LogP contribution is -2.34. The third-order valence-corrected chi connectivity index (χ3v) is 4.07. The molecule has 130 valence electrons. The van der Waals surface area contributed by atoms with Crippen LogP contribution in [0, 0.1) is 0 Å². The molecule has 1 aromatic carbocycles. The zero-order valence-electron chi connectivity index (χ0n) is 14.3. The number of likely N-dealkylation sites (tertiary alicyclic amines) is 1. The second kappa shape index (κ2) is 9.13. The first kappa shape index (κ1) is 18.1. The number of hydrogen-bond donors (Lipinski definition) is 1. The average molecular weight is 331 g/mol. The summed E-state index contributed by atoms with van der Waals surface area (Å²) >= 11 is 0. The number of ether oxygens (including phenoxy) is 2. The summed E-state index contributed by atoms with van der Waals surface area (Å²) in [6.07, 6.45) is 10.3. The number of piperidine rings is 1. The third-order valence-electron chi connectivity index (χ3n) is 4.07. The molecule has 1 aromatic rings. The van der Waals surface area contributed by atoms with Gasteiger partial charge in [-0.2, -0.15) is 0 Å². The lowest BCUT2D eigenvalue weighted by Gasteiger charge is -2.25. The summed E-state index contributed by atoms with van der Waals surface area (Å²) < 4.78 is 10.7. The average Bonchev–Trinajstić information content (AvgIpc) is 2.65. The lowest BCUT2D eigenvalue weighted by molar-refractivity contribution is -0.126. The molecule has 0 spiro atoms. The Kier molecular flexibility index (Phi) is 6.88. The van der Waals surface area contributed by atoms with E-state index in [0.717, 1.165) is 37.1 Å². The molecular weight excluding hydrogens is 306 g/mol. The van der Waals surface area contributed by atoms with Crippen molar-refractivity contribution in [3.63, 3.8) is 0 Å². The largest absolute Gasteiger partial charge is 0.496 e. The van der Waals surface area contributed by atoms with Gasteiger partial charge >= 0.3 is 0 Å². The number of amides is 1. The summed E-state index contributed by atoms with van der Waals surface area (Å²) in [5, 5.41) is 9.29. The molecule has 1 aliphatic rings. The topological polar surface area (TPSA) is 59.0 Å². The van der Waals surface area contributed by atoms with Crippen molar-refractivity contribution in [2.24, 2.45) is 0 Å². The fourth-order valence-electron chi connectivity index (χ4n) is 2.76. The minimum absolute atomic E-state index is 0.0499. The van der Waals surface area contributed by atoms with Gasteiger partial charge in [-0.05, 0) is 43.0 Å². The number of nitrogens with zero attached hydrogens (tertiary/aromatic N) is 1. The lowest BCUT2D eigenvalue weighted by atomic mass is 10.1. The first-order valence-corrected chi connectivity index (χ1v) is 8.19. The Labute approximate surface area is 143 Å². The van der Waals surface area contributed by atoms with Crippen LogP contribution >= 0.6 is 0 Å². The Morgan fingerprint density at radius 3 is 2.29 bits per heavy atom. The second-order valence-corrected chi connectivity index (χ2v) is 5.68. The number of benzene rings is 1. The highest BCUT2D eigenvalue weighted by molar-refractivity contribution is 5.88. The first-order valence-electron chi connectivity index (χ1n) is 8.19. The molecule has 5 nitrogen and oxygen atoms in total. The summed E-state index contributed by atoms with van der Waals surface area (Å²) in [6, 6.07) is 3.54. The van der Waals surface area contributed by atoms with Gasteiger partial charge in [0, 0.05) is 19.2 Å². The standard InChI is InChI=1S/C19H25NO4/c1-23-17-12-15(14-21)13-18(24-2)16(17)8-4-5-9-19(22)20-10-6-3-7-11-20/h4-5,8-9,12-13,21H,3,6-7,10-11,14H2,1-2H3/b8-4+,9-5+. The van der Waals surface area contributed by atoms with Crippen molar-refractivity contribution in [1.29, 1.82) is 0 Å². The maximum absolute atomic E-state index is 12.1. The summed E-state index contributed by atoms with van der Waals surface area (Å²) in [5.41, 5.74) is 1.49. The minimum Gasteiger partial charge on any atom is -0.496 e. The molecule has 0 saturated carbocycles. The van der Waals surface area contributed by atoms with E-state index in [9.17, 15) is 9.90 Å². The van der Waals surface area contributed by atoms with Crippen LogP contribution in [0.3, 0.4) is 0 Å². The van der Waals surface area contributed by atoms with Gasteiger partial charge in [0.15, 0.2) is 0 Å². The second-order valence-electron chi connectivity index (χ2n) is 5.68. The van der Waals surface area contributed by atoms with Gasteiger partial charge in [0.1, 0.15) is 11.5 Å². The van der Waals surface area contributed by atoms with Crippen molar-refractivity contribution >= 4 is 12.0 Å². The summed E-state index contributed by atoms with van der Waals surface area (Å²) in [5.74, 6) is 1.28. The van der Waals surface area contributed by atoms with E-state index in [1.165, 1.54) is 6.42 Å². The van der Waals surface area contributed by atoms with Crippen molar-refractivity contribution < 1.29 is 19.4 Å². The highest BCUT2D eigenvalue weighted by Gasteiger charge is 2.13. The van der Waals surface area contributed by atoms with Crippen LogP contribution in [0.1, 0.15) is 30.4 Å². The van der Waals surface area contributed by atoms with Gasteiger partial charge in [-0.3, -0.25) is 4.79 Å². The van der Waals surface area contributed by atoms with Crippen molar-refractivity contribution in [2.75, 3.05) is 27.3 Å². The van der Waals surface area contributed by atoms with Crippen LogP contribution in [0.5, 0.6) is 11.5 Å². The third kappa shape index (κ3) is 4.61. The zero-order valence-corrected chi connectivity index (χ0v) is 14.3. The molecule has 0 radical (unpaired) electrons. The van der Waals surface area contributed by atoms with Crippen LogP contribution in [0.25, 0.3) is 6.08 Å². The molecule has 1 saturated heterocycles. The SMILES string of the molecule is COc1cc(CO)cc(OC)c1/C=C/C=C/C(=O)N1CCCCC1. The predicted molar refractivity (Wildman–Crippen MR) is 94.1 cm³/mol. The van der Waals surface area contributed by atoms with Gasteiger partial charge < -0.3 is 19.5 Å². The molecule has 1 N–H and O–H groups in total. The smallest absolute Gasteiger partial charge is 0.246 e. The monoisotopic (exact) mass is 331 g/mol. The predicted octanol–water partition coefficient (Wildman–Crippen LogP) is 2.78. The van der Waals surface area contributed by atoms with Gasteiger partial charge in [0.05, 0.1) is 26.4 Å². The van der Waals surface area contributed by atoms with E-state index >= 15 is 0 Å². The van der Waals surface area contributed by atoms with Gasteiger partial charge in [-0.1, -0.05) is 12.2 Å². The molecule has 0 atom stereocenters. The summed E-state index contributed by atoms with van der Waals surface area (Å²) in [4.78, 5) is 13.9. The number of rotatable bonds is 6. The molecule has 0 aliphatic carbocycles. The molecule has 1 aliphatic heterocycles. The van der Waals surface area contributed by atoms with Crippen LogP contribution in [-0.4, -0.2) is 43.2 Å². The van der Waals surface area contributed by atoms with E-state index in [2.05, 4.69) is 0 Å². The molecule has 1 amide bonds. The maximum atomic E-state index is 12.1. The number of hydrogen-bond acceptors (Lipinski definition) is 4. The summed E-state index contributed by atoms with van der Waals surface area (Å²) in [6.45, 7) is 1.61. The first-order chi connectivity index (χ1) is 11.7. The zero-order chi connectivity index (χ0) is 17.4. The maximum Gasteiger partial charge on any atom is 0.246 e. The summed E-state index contributed by atoms with van der Waals surface area (Å²) in [7, 11) is 3.14. The van der Waals surface area contributed by atoms with Gasteiger partial charge in [-0.25, -0.2) is 0 Å². The number of aliphatic hydroxyl groups is 1. The quantitative estimate of drug-likeness (QED) is 0.643. The van der Waals surface area contributed by atoms with Gasteiger partial charge in [-0.15, -0.1) is 0 Å². The molecule has 2 rings (SSSR count). The van der Waals surface area contributed by atoms with E-state index in [4.69, 9.17) is 9.47 Å². The molecule has 0 unspecified atom stereocenters. The van der Waals surface area contributed by atoms with Crippen molar-refractivity contribution in [1.82, 2.24) is 4.90 Å².